The Hall–Kier alpha value is -3.34. The molecule has 3 aromatic rings. The number of rotatable bonds is 5. The normalized spacial score (nSPS) is 10.1. The van der Waals surface area contributed by atoms with Gasteiger partial charge in [0.15, 0.2) is 5.75 Å². The van der Waals surface area contributed by atoms with Crippen LogP contribution in [-0.4, -0.2) is 0 Å². The minimum atomic E-state index is 0.451. The first-order valence-corrected chi connectivity index (χ1v) is 7.23. The molecule has 0 bridgehead atoms. The van der Waals surface area contributed by atoms with Crippen molar-refractivity contribution >= 4 is 22.7 Å². The monoisotopic (exact) mass is 306 g/mol. The van der Waals surface area contributed by atoms with E-state index in [4.69, 9.17) is 16.3 Å². The van der Waals surface area contributed by atoms with Gasteiger partial charge in [0.2, 0.25) is 0 Å². The first-order valence-electron chi connectivity index (χ1n) is 7.23. The van der Waals surface area contributed by atoms with Crippen LogP contribution >= 0.6 is 0 Å². The first-order chi connectivity index (χ1) is 11.2. The van der Waals surface area contributed by atoms with E-state index < -0.39 is 0 Å². The molecule has 5 nitrogen and oxygen atoms in total. The Morgan fingerprint density at radius 2 is 1.39 bits per heavy atom. The van der Waals surface area contributed by atoms with Gasteiger partial charge in [0.1, 0.15) is 5.69 Å². The van der Waals surface area contributed by atoms with E-state index in [-0.39, 0.29) is 0 Å². The van der Waals surface area contributed by atoms with Crippen molar-refractivity contribution in [3.05, 3.63) is 78.9 Å². The summed E-state index contributed by atoms with van der Waals surface area (Å²) in [5.74, 6) is 0.678. The smallest absolute Gasteiger partial charge is 0.157 e. The molecule has 0 spiro atoms. The Morgan fingerprint density at radius 3 is 2.09 bits per heavy atom. The third-order valence-electron chi connectivity index (χ3n) is 3.28. The second-order valence-electron chi connectivity index (χ2n) is 4.96. The molecule has 0 aliphatic heterocycles. The summed E-state index contributed by atoms with van der Waals surface area (Å²) < 4.78 is 0. The second kappa shape index (κ2) is 6.62. The summed E-state index contributed by atoms with van der Waals surface area (Å²) in [5, 5.41) is 1.51. The third-order valence-corrected chi connectivity index (χ3v) is 3.28. The lowest BCUT2D eigenvalue weighted by Gasteiger charge is -2.27. The molecule has 0 aliphatic carbocycles. The van der Waals surface area contributed by atoms with Gasteiger partial charge < -0.3 is 16.3 Å². The van der Waals surface area contributed by atoms with Crippen molar-refractivity contribution in [1.29, 1.82) is 0 Å². The Balaban J connectivity index is 1.94. The molecule has 0 saturated carbocycles. The molecule has 0 saturated heterocycles. The highest BCUT2D eigenvalue weighted by atomic mass is 16.7. The number of para-hydroxylation sites is 3. The van der Waals surface area contributed by atoms with Crippen LogP contribution in [0.1, 0.15) is 0 Å². The number of nitrogens with zero attached hydrogens (tertiary/aromatic N) is 1. The fraction of sp³-hybridized carbons (Fsp3) is 0. The van der Waals surface area contributed by atoms with Crippen molar-refractivity contribution in [1.82, 2.24) is 0 Å². The molecule has 0 unspecified atom stereocenters. The second-order valence-corrected chi connectivity index (χ2v) is 4.96. The third kappa shape index (κ3) is 3.47. The summed E-state index contributed by atoms with van der Waals surface area (Å²) in [6, 6.07) is 24.6. The van der Waals surface area contributed by atoms with E-state index >= 15 is 0 Å². The maximum Gasteiger partial charge on any atom is 0.157 e. The molecule has 0 radical (unpaired) electrons. The minimum Gasteiger partial charge on any atom is -0.397 e. The van der Waals surface area contributed by atoms with Crippen molar-refractivity contribution in [2.45, 2.75) is 0 Å². The summed E-state index contributed by atoms with van der Waals surface area (Å²) in [5.41, 5.74) is 17.7. The van der Waals surface area contributed by atoms with Gasteiger partial charge in [0.05, 0.1) is 17.1 Å². The fourth-order valence-corrected chi connectivity index (χ4v) is 2.10. The number of nitrogens with two attached hydrogens (primary N) is 2. The van der Waals surface area contributed by atoms with Gasteiger partial charge in [-0.3, -0.25) is 5.43 Å². The molecule has 0 atom stereocenters. The largest absolute Gasteiger partial charge is 0.397 e. The lowest BCUT2D eigenvalue weighted by Crippen LogP contribution is -2.34. The lowest BCUT2D eigenvalue weighted by molar-refractivity contribution is 0.302. The molecular weight excluding hydrogens is 288 g/mol. The van der Waals surface area contributed by atoms with Crippen LogP contribution in [0, 0.1) is 0 Å². The number of hydrogen-bond acceptors (Lipinski definition) is 5. The standard InChI is InChI=1S/C18H18N4O/c19-16-12-7-13-17(18(16)20)22(21-14-8-3-1-4-9-14)23-15-10-5-2-6-11-15/h1-13,21H,19-20H2. The number of nitrogen functional groups attached to an aromatic ring is 2. The Labute approximate surface area is 135 Å². The molecule has 3 aromatic carbocycles. The van der Waals surface area contributed by atoms with E-state index in [2.05, 4.69) is 5.43 Å². The summed E-state index contributed by atoms with van der Waals surface area (Å²) >= 11 is 0. The van der Waals surface area contributed by atoms with Gasteiger partial charge >= 0.3 is 0 Å². The zero-order chi connectivity index (χ0) is 16.1. The predicted molar refractivity (Wildman–Crippen MR) is 94.9 cm³/mol. The van der Waals surface area contributed by atoms with Crippen molar-refractivity contribution in [2.75, 3.05) is 22.1 Å². The maximum absolute atomic E-state index is 6.10. The van der Waals surface area contributed by atoms with Gasteiger partial charge in [-0.05, 0) is 36.4 Å². The van der Waals surface area contributed by atoms with Crippen LogP contribution in [0.25, 0.3) is 0 Å². The molecular formula is C18H18N4O. The van der Waals surface area contributed by atoms with Crippen molar-refractivity contribution in [2.24, 2.45) is 0 Å². The molecule has 0 fully saturated rings. The van der Waals surface area contributed by atoms with Gasteiger partial charge in [-0.1, -0.05) is 42.5 Å². The van der Waals surface area contributed by atoms with Crippen LogP contribution in [0.4, 0.5) is 22.7 Å². The van der Waals surface area contributed by atoms with Crippen LogP contribution in [-0.2, 0) is 0 Å². The molecule has 0 amide bonds. The number of anilines is 4. The number of nitrogens with one attached hydrogen (secondary N) is 1. The topological polar surface area (TPSA) is 76.5 Å². The van der Waals surface area contributed by atoms with E-state index in [1.807, 2.05) is 72.8 Å². The summed E-state index contributed by atoms with van der Waals surface area (Å²) in [6.45, 7) is 0. The van der Waals surface area contributed by atoms with E-state index in [9.17, 15) is 0 Å². The van der Waals surface area contributed by atoms with Gasteiger partial charge in [-0.25, -0.2) is 0 Å². The summed E-state index contributed by atoms with van der Waals surface area (Å²) in [6.07, 6.45) is 0. The number of hydrazine groups is 1. The van der Waals surface area contributed by atoms with Crippen molar-refractivity contribution < 1.29 is 4.84 Å². The Kier molecular flexibility index (Phi) is 4.20. The quantitative estimate of drug-likeness (QED) is 0.495. The van der Waals surface area contributed by atoms with E-state index in [0.717, 1.165) is 5.69 Å². The van der Waals surface area contributed by atoms with E-state index in [1.165, 1.54) is 5.17 Å². The number of benzene rings is 3. The first kappa shape index (κ1) is 14.6. The predicted octanol–water partition coefficient (Wildman–Crippen LogP) is 3.68. The molecule has 0 heterocycles. The van der Waals surface area contributed by atoms with E-state index in [0.29, 0.717) is 22.8 Å². The molecule has 3 rings (SSSR count). The van der Waals surface area contributed by atoms with Crippen LogP contribution < -0.4 is 26.9 Å². The zero-order valence-corrected chi connectivity index (χ0v) is 12.5. The SMILES string of the molecule is Nc1cccc(N(Nc2ccccc2)Oc2ccccc2)c1N. The summed E-state index contributed by atoms with van der Waals surface area (Å²) in [4.78, 5) is 5.93. The van der Waals surface area contributed by atoms with Crippen LogP contribution in [0.3, 0.4) is 0 Å². The van der Waals surface area contributed by atoms with E-state index in [1.54, 1.807) is 6.07 Å². The number of hydrogen-bond donors (Lipinski definition) is 3. The highest BCUT2D eigenvalue weighted by molar-refractivity contribution is 5.79. The highest BCUT2D eigenvalue weighted by Crippen LogP contribution is 2.29. The van der Waals surface area contributed by atoms with Gasteiger partial charge in [-0.15, -0.1) is 5.17 Å². The Morgan fingerprint density at radius 1 is 0.739 bits per heavy atom. The van der Waals surface area contributed by atoms with Gasteiger partial charge in [-0.2, -0.15) is 0 Å². The highest BCUT2D eigenvalue weighted by Gasteiger charge is 2.14. The molecule has 116 valence electrons. The average Bonchev–Trinajstić information content (AvgIpc) is 2.59. The zero-order valence-electron chi connectivity index (χ0n) is 12.5. The lowest BCUT2D eigenvalue weighted by atomic mass is 10.2. The van der Waals surface area contributed by atoms with Crippen LogP contribution in [0.2, 0.25) is 0 Å². The maximum atomic E-state index is 6.10. The molecule has 0 aliphatic rings. The molecule has 5 heteroatoms. The molecule has 0 aromatic heterocycles. The van der Waals surface area contributed by atoms with Crippen molar-refractivity contribution in [3.8, 4) is 5.75 Å². The minimum absolute atomic E-state index is 0.451. The van der Waals surface area contributed by atoms with Crippen LogP contribution in [0.15, 0.2) is 78.9 Å². The Bertz CT molecular complexity index is 721. The van der Waals surface area contributed by atoms with Crippen molar-refractivity contribution in [3.63, 3.8) is 0 Å². The molecule has 5 N–H and O–H groups in total. The van der Waals surface area contributed by atoms with Gasteiger partial charge in [0, 0.05) is 0 Å². The summed E-state index contributed by atoms with van der Waals surface area (Å²) in [7, 11) is 0. The average molecular weight is 306 g/mol. The van der Waals surface area contributed by atoms with Gasteiger partial charge in [0.25, 0.3) is 0 Å². The van der Waals surface area contributed by atoms with Crippen LogP contribution in [0.5, 0.6) is 5.75 Å². The molecule has 23 heavy (non-hydrogen) atoms. The fourth-order valence-electron chi connectivity index (χ4n) is 2.10.